The predicted octanol–water partition coefficient (Wildman–Crippen LogP) is 6.86. The van der Waals surface area contributed by atoms with Crippen molar-refractivity contribution in [1.29, 1.82) is 0 Å². The molecular formula is C49H53N8O6+. The Morgan fingerprint density at radius 2 is 1.51 bits per heavy atom. The van der Waals surface area contributed by atoms with Gasteiger partial charge in [-0.1, -0.05) is 92.7 Å². The highest BCUT2D eigenvalue weighted by molar-refractivity contribution is 5.97. The van der Waals surface area contributed by atoms with Gasteiger partial charge in [0.2, 0.25) is 11.7 Å². The maximum atomic E-state index is 14.2. The summed E-state index contributed by atoms with van der Waals surface area (Å²) in [5.74, 6) is 0.954. The fourth-order valence-electron chi connectivity index (χ4n) is 8.96. The molecule has 0 bridgehead atoms. The summed E-state index contributed by atoms with van der Waals surface area (Å²) in [6.07, 6.45) is 4.50. The van der Waals surface area contributed by atoms with E-state index in [1.165, 1.54) is 14.2 Å². The molecule has 14 nitrogen and oxygen atoms in total. The Morgan fingerprint density at radius 3 is 2.21 bits per heavy atom. The average molecular weight is 850 g/mol. The molecule has 4 aromatic carbocycles. The van der Waals surface area contributed by atoms with Crippen molar-refractivity contribution in [3.05, 3.63) is 132 Å². The van der Waals surface area contributed by atoms with Crippen molar-refractivity contribution in [3.8, 4) is 22.4 Å². The molecule has 4 heterocycles. The number of aromatic amines is 1. The van der Waals surface area contributed by atoms with E-state index >= 15 is 0 Å². The lowest BCUT2D eigenvalue weighted by Gasteiger charge is -2.35. The highest BCUT2D eigenvalue weighted by atomic mass is 16.5. The maximum Gasteiger partial charge on any atom is 0.407 e. The zero-order valence-electron chi connectivity index (χ0n) is 36.2. The van der Waals surface area contributed by atoms with Gasteiger partial charge in [0.1, 0.15) is 23.4 Å². The third-order valence-electron chi connectivity index (χ3n) is 12.4. The van der Waals surface area contributed by atoms with Crippen molar-refractivity contribution in [2.45, 2.75) is 63.7 Å². The van der Waals surface area contributed by atoms with Crippen LogP contribution >= 0.6 is 0 Å². The molecule has 0 radical (unpaired) electrons. The number of nitrogens with one attached hydrogen (secondary N) is 3. The van der Waals surface area contributed by atoms with Crippen LogP contribution < -0.4 is 16.0 Å². The first-order valence-corrected chi connectivity index (χ1v) is 21.2. The van der Waals surface area contributed by atoms with E-state index in [0.717, 1.165) is 74.5 Å². The van der Waals surface area contributed by atoms with Gasteiger partial charge >= 0.3 is 12.2 Å². The number of rotatable bonds is 11. The van der Waals surface area contributed by atoms with E-state index in [1.54, 1.807) is 4.90 Å². The second-order valence-electron chi connectivity index (χ2n) is 16.9. The summed E-state index contributed by atoms with van der Waals surface area (Å²) in [4.78, 5) is 68.8. The number of alkyl carbamates (subject to hydrolysis) is 2. The largest absolute Gasteiger partial charge is 0.453 e. The molecule has 324 valence electrons. The van der Waals surface area contributed by atoms with Crippen LogP contribution in [0.1, 0.15) is 69.1 Å². The minimum atomic E-state index is -0.941. The molecule has 4 amide bonds. The van der Waals surface area contributed by atoms with Crippen LogP contribution in [0.3, 0.4) is 0 Å². The van der Waals surface area contributed by atoms with Gasteiger partial charge in [-0.15, -0.1) is 0 Å². The van der Waals surface area contributed by atoms with Gasteiger partial charge in [-0.25, -0.2) is 19.6 Å². The number of hydrogen-bond acceptors (Lipinski definition) is 8. The summed E-state index contributed by atoms with van der Waals surface area (Å²) in [5, 5.41) is 9.64. The number of aliphatic imine (C=N–C) groups is 1. The van der Waals surface area contributed by atoms with Gasteiger partial charge in [0.25, 0.3) is 5.91 Å². The van der Waals surface area contributed by atoms with E-state index in [1.807, 2.05) is 73.7 Å². The Kier molecular flexibility index (Phi) is 12.0. The standard InChI is InChI=1S/C49H52N8O6/c1-29(2)41(54-47(60)62-5)44(58)56-22-10-13-40(56)43-50-26-39(52-43)37-21-20-35-23-34(18-19-36(35)24-37)31-14-16-32(17-15-31)38-27-51-46(53-38)49(4)25-30(3)28-57(49)45(59)42(55-48(61)63-6)33-11-8-7-9-12-33/h7-9,11-12,14-21,23-24,26-27,29,40-42H,3,10,13,22,25,28H2,1-2,4-6H3,(H,50,52)(H,51,53)(H,54,60)(H,55,61)/p+1/t40-,41-,42+,49-/m0/s1. The molecule has 0 unspecified atom stereocenters. The Bertz CT molecular complexity index is 2640. The van der Waals surface area contributed by atoms with E-state index in [-0.39, 0.29) is 23.8 Å². The number of amidine groups is 1. The lowest BCUT2D eigenvalue weighted by atomic mass is 9.94. The molecule has 2 fully saturated rings. The van der Waals surface area contributed by atoms with Crippen molar-refractivity contribution < 1.29 is 34.0 Å². The first kappa shape index (κ1) is 42.6. The van der Waals surface area contributed by atoms with E-state index < -0.39 is 29.8 Å². The molecule has 8 rings (SSSR count). The van der Waals surface area contributed by atoms with Crippen LogP contribution in [0.25, 0.3) is 38.9 Å². The monoisotopic (exact) mass is 849 g/mol. The number of quaternary nitrogens is 1. The molecule has 3 aliphatic heterocycles. The van der Waals surface area contributed by atoms with Gasteiger partial charge in [0.15, 0.2) is 5.70 Å². The normalized spacial score (nSPS) is 19.5. The highest BCUT2D eigenvalue weighted by Crippen LogP contribution is 2.37. The zero-order valence-corrected chi connectivity index (χ0v) is 36.2. The van der Waals surface area contributed by atoms with Crippen molar-refractivity contribution >= 4 is 46.3 Å². The fourth-order valence-corrected chi connectivity index (χ4v) is 8.96. The summed E-state index contributed by atoms with van der Waals surface area (Å²) < 4.78 is 9.64. The first-order valence-electron chi connectivity index (χ1n) is 21.2. The molecule has 5 N–H and O–H groups in total. The van der Waals surface area contributed by atoms with Gasteiger partial charge in [-0.3, -0.25) is 14.9 Å². The number of amides is 4. The maximum absolute atomic E-state index is 14.2. The quantitative estimate of drug-likeness (QED) is 0.105. The molecule has 5 aromatic rings. The molecular weight excluding hydrogens is 797 g/mol. The highest BCUT2D eigenvalue weighted by Gasteiger charge is 2.51. The summed E-state index contributed by atoms with van der Waals surface area (Å²) in [6, 6.07) is 28.4. The molecule has 0 aliphatic carbocycles. The van der Waals surface area contributed by atoms with Crippen LogP contribution in [0.4, 0.5) is 9.59 Å². The zero-order chi connectivity index (χ0) is 44.4. The number of carbonyl (C=O) groups excluding carboxylic acids is 4. The van der Waals surface area contributed by atoms with Crippen molar-refractivity contribution in [2.75, 3.05) is 27.3 Å². The van der Waals surface area contributed by atoms with E-state index in [0.29, 0.717) is 25.1 Å². The number of nitrogens with zero attached hydrogens (tertiary/aromatic N) is 4. The van der Waals surface area contributed by atoms with Crippen LogP contribution in [0.15, 0.2) is 121 Å². The third-order valence-corrected chi connectivity index (χ3v) is 12.4. The predicted molar refractivity (Wildman–Crippen MR) is 241 cm³/mol. The van der Waals surface area contributed by atoms with E-state index in [4.69, 9.17) is 19.5 Å². The fraction of sp³-hybridized carbons (Fsp3) is 0.306. The molecule has 63 heavy (non-hydrogen) atoms. The van der Waals surface area contributed by atoms with E-state index in [9.17, 15) is 19.2 Å². The topological polar surface area (TPSA) is 175 Å². The van der Waals surface area contributed by atoms with Crippen molar-refractivity contribution in [1.82, 2.24) is 30.4 Å². The Hall–Kier alpha value is -7.06. The van der Waals surface area contributed by atoms with Gasteiger partial charge in [-0.2, -0.15) is 0 Å². The number of H-pyrrole nitrogens is 1. The molecule has 2 saturated heterocycles. The van der Waals surface area contributed by atoms with Crippen molar-refractivity contribution in [2.24, 2.45) is 10.9 Å². The Labute approximate surface area is 366 Å². The van der Waals surface area contributed by atoms with Gasteiger partial charge in [0, 0.05) is 30.6 Å². The number of hydrogen-bond donors (Lipinski definition) is 4. The number of ether oxygens (including phenoxy) is 2. The second kappa shape index (κ2) is 17.7. The van der Waals surface area contributed by atoms with Crippen LogP contribution in [-0.2, 0) is 19.1 Å². The lowest BCUT2D eigenvalue weighted by molar-refractivity contribution is -0.438. The average Bonchev–Trinajstić information content (AvgIpc) is 4.14. The SMILES string of the molecule is C=C1CN(C(=O)[C@H](NC(=O)OC)c2ccccc2)[C@](C)(C2=NC=C(c3ccc(-c4ccc5cc(-c6cnc([C@@H]7CCCN7C(=O)[C@@H](NC(=O)OC)C(C)C)[nH]6)ccc5c4)cc3)[NH2+]2)C1. The van der Waals surface area contributed by atoms with Gasteiger partial charge in [0.05, 0.1) is 38.4 Å². The minimum Gasteiger partial charge on any atom is -0.453 e. The lowest BCUT2D eigenvalue weighted by Crippen LogP contribution is -2.89. The Morgan fingerprint density at radius 1 is 0.857 bits per heavy atom. The van der Waals surface area contributed by atoms with Gasteiger partial charge < -0.3 is 34.9 Å². The summed E-state index contributed by atoms with van der Waals surface area (Å²) in [5.41, 5.74) is 6.72. The Balaban J connectivity index is 0.936. The number of fused-ring (bicyclic) bond motifs is 1. The molecule has 3 aliphatic rings. The smallest absolute Gasteiger partial charge is 0.407 e. The molecule has 0 saturated carbocycles. The van der Waals surface area contributed by atoms with Crippen LogP contribution in [0, 0.1) is 5.92 Å². The third kappa shape index (κ3) is 8.58. The number of carbonyl (C=O) groups is 4. The number of likely N-dealkylation sites (tertiary alicyclic amines) is 2. The van der Waals surface area contributed by atoms with Crippen LogP contribution in [-0.4, -0.2) is 88.5 Å². The second-order valence-corrected chi connectivity index (χ2v) is 16.9. The number of aromatic nitrogens is 2. The van der Waals surface area contributed by atoms with E-state index in [2.05, 4.69) is 82.9 Å². The number of methoxy groups -OCH3 is 2. The van der Waals surface area contributed by atoms with Gasteiger partial charge in [-0.05, 0) is 77.4 Å². The number of benzene rings is 4. The molecule has 1 aromatic heterocycles. The number of imidazole rings is 1. The molecule has 4 atom stereocenters. The summed E-state index contributed by atoms with van der Waals surface area (Å²) in [7, 11) is 2.57. The van der Waals surface area contributed by atoms with Crippen LogP contribution in [0.5, 0.6) is 0 Å². The summed E-state index contributed by atoms with van der Waals surface area (Å²) in [6.45, 7) is 11.0. The first-order chi connectivity index (χ1) is 30.4. The van der Waals surface area contributed by atoms with Crippen molar-refractivity contribution in [3.63, 3.8) is 0 Å². The molecule has 14 heteroatoms. The molecule has 0 spiro atoms. The minimum absolute atomic E-state index is 0.111. The number of nitrogens with two attached hydrogens (primary N) is 1. The van der Waals surface area contributed by atoms with Crippen LogP contribution in [0.2, 0.25) is 0 Å². The summed E-state index contributed by atoms with van der Waals surface area (Å²) >= 11 is 0.